The van der Waals surface area contributed by atoms with Gasteiger partial charge in [0, 0.05) is 13.1 Å². The van der Waals surface area contributed by atoms with Crippen molar-refractivity contribution in [1.82, 2.24) is 5.32 Å². The molecule has 0 aliphatic rings. The normalized spacial score (nSPS) is 10.8. The zero-order valence-electron chi connectivity index (χ0n) is 11.5. The number of thiophene rings is 1. The minimum atomic E-state index is 0.659. The van der Waals surface area contributed by atoms with Crippen LogP contribution in [0.5, 0.6) is 5.75 Å². The van der Waals surface area contributed by atoms with E-state index in [2.05, 4.69) is 67.0 Å². The van der Waals surface area contributed by atoms with E-state index in [1.807, 2.05) is 6.92 Å². The van der Waals surface area contributed by atoms with Crippen molar-refractivity contribution in [3.8, 4) is 5.75 Å². The van der Waals surface area contributed by atoms with Gasteiger partial charge in [0.2, 0.25) is 0 Å². The largest absolute Gasteiger partial charge is 0.492 e. The van der Waals surface area contributed by atoms with E-state index in [-0.39, 0.29) is 0 Å². The van der Waals surface area contributed by atoms with Crippen LogP contribution in [0, 0.1) is 6.92 Å². The van der Waals surface area contributed by atoms with Crippen LogP contribution >= 0.6 is 43.2 Å². The molecule has 0 radical (unpaired) electrons. The van der Waals surface area contributed by atoms with Gasteiger partial charge in [0.25, 0.3) is 0 Å². The molecule has 108 valence electrons. The lowest BCUT2D eigenvalue weighted by Gasteiger charge is -2.11. The minimum Gasteiger partial charge on any atom is -0.492 e. The highest BCUT2D eigenvalue weighted by molar-refractivity contribution is 9.11. The first-order chi connectivity index (χ1) is 9.61. The molecule has 0 aliphatic carbocycles. The Morgan fingerprint density at radius 1 is 1.15 bits per heavy atom. The number of rotatable bonds is 6. The van der Waals surface area contributed by atoms with Gasteiger partial charge in [-0.1, -0.05) is 0 Å². The van der Waals surface area contributed by atoms with Crippen LogP contribution < -0.4 is 10.1 Å². The summed E-state index contributed by atoms with van der Waals surface area (Å²) in [7, 11) is 0. The van der Waals surface area contributed by atoms with Crippen molar-refractivity contribution in [1.29, 1.82) is 0 Å². The summed E-state index contributed by atoms with van der Waals surface area (Å²) in [5.41, 5.74) is 3.95. The summed E-state index contributed by atoms with van der Waals surface area (Å²) in [4.78, 5) is 0. The third-order valence-corrected chi connectivity index (χ3v) is 5.04. The molecule has 5 heteroatoms. The zero-order chi connectivity index (χ0) is 14.5. The lowest BCUT2D eigenvalue weighted by Crippen LogP contribution is -2.13. The fourth-order valence-electron chi connectivity index (χ4n) is 1.91. The van der Waals surface area contributed by atoms with Crippen molar-refractivity contribution in [3.05, 3.63) is 48.5 Å². The third kappa shape index (κ3) is 4.07. The molecule has 0 aliphatic heterocycles. The standard InChI is InChI=1S/C15H17Br2NOS/c1-3-19-15-13(16)4-11(5-14(15)17)6-18-7-12-9-20-8-10(12)2/h4-5,8-9,18H,3,6-7H2,1-2H3. The van der Waals surface area contributed by atoms with Gasteiger partial charge in [0.05, 0.1) is 15.6 Å². The molecule has 0 spiro atoms. The van der Waals surface area contributed by atoms with Gasteiger partial charge < -0.3 is 10.1 Å². The van der Waals surface area contributed by atoms with E-state index in [1.165, 1.54) is 16.7 Å². The molecule has 2 nitrogen and oxygen atoms in total. The van der Waals surface area contributed by atoms with Gasteiger partial charge in [0.15, 0.2) is 0 Å². The molecule has 1 aromatic heterocycles. The average Bonchev–Trinajstić information content (AvgIpc) is 2.80. The van der Waals surface area contributed by atoms with E-state index in [0.29, 0.717) is 6.61 Å². The van der Waals surface area contributed by atoms with E-state index in [9.17, 15) is 0 Å². The SMILES string of the molecule is CCOc1c(Br)cc(CNCc2cscc2C)cc1Br. The maximum atomic E-state index is 5.59. The lowest BCUT2D eigenvalue weighted by molar-refractivity contribution is 0.336. The Balaban J connectivity index is 1.98. The van der Waals surface area contributed by atoms with Gasteiger partial charge in [-0.3, -0.25) is 0 Å². The monoisotopic (exact) mass is 417 g/mol. The van der Waals surface area contributed by atoms with Crippen molar-refractivity contribution >= 4 is 43.2 Å². The molecule has 0 atom stereocenters. The fraction of sp³-hybridized carbons (Fsp3) is 0.333. The van der Waals surface area contributed by atoms with Gasteiger partial charge in [-0.15, -0.1) is 0 Å². The Morgan fingerprint density at radius 3 is 2.40 bits per heavy atom. The van der Waals surface area contributed by atoms with E-state index in [0.717, 1.165) is 27.8 Å². The summed E-state index contributed by atoms with van der Waals surface area (Å²) in [5.74, 6) is 0.866. The molecule has 1 heterocycles. The topological polar surface area (TPSA) is 21.3 Å². The molecule has 2 rings (SSSR count). The Bertz CT molecular complexity index is 560. The van der Waals surface area contributed by atoms with Crippen LogP contribution in [0.2, 0.25) is 0 Å². The average molecular weight is 419 g/mol. The molecule has 1 aromatic carbocycles. The van der Waals surface area contributed by atoms with Crippen LogP contribution in [0.1, 0.15) is 23.6 Å². The van der Waals surface area contributed by atoms with Crippen molar-refractivity contribution < 1.29 is 4.74 Å². The Hall–Kier alpha value is -0.360. The summed E-state index contributed by atoms with van der Waals surface area (Å²) in [6.07, 6.45) is 0. The van der Waals surface area contributed by atoms with Crippen molar-refractivity contribution in [2.24, 2.45) is 0 Å². The molecular weight excluding hydrogens is 402 g/mol. The summed E-state index contributed by atoms with van der Waals surface area (Å²) in [6, 6.07) is 4.20. The maximum absolute atomic E-state index is 5.59. The van der Waals surface area contributed by atoms with Gasteiger partial charge in [-0.25, -0.2) is 0 Å². The molecule has 20 heavy (non-hydrogen) atoms. The smallest absolute Gasteiger partial charge is 0.147 e. The Labute approximate surface area is 140 Å². The number of benzene rings is 1. The number of hydrogen-bond donors (Lipinski definition) is 1. The van der Waals surface area contributed by atoms with Crippen LogP contribution in [-0.4, -0.2) is 6.61 Å². The Morgan fingerprint density at radius 2 is 1.85 bits per heavy atom. The number of hydrogen-bond acceptors (Lipinski definition) is 3. The molecule has 0 bridgehead atoms. The highest BCUT2D eigenvalue weighted by Gasteiger charge is 2.08. The van der Waals surface area contributed by atoms with Gasteiger partial charge in [0.1, 0.15) is 5.75 Å². The quantitative estimate of drug-likeness (QED) is 0.689. The maximum Gasteiger partial charge on any atom is 0.147 e. The van der Waals surface area contributed by atoms with Gasteiger partial charge in [-0.05, 0) is 85.3 Å². The number of nitrogens with one attached hydrogen (secondary N) is 1. The molecule has 0 saturated heterocycles. The summed E-state index contributed by atoms with van der Waals surface area (Å²) < 4.78 is 7.56. The second-order valence-electron chi connectivity index (χ2n) is 4.51. The van der Waals surface area contributed by atoms with Crippen LogP contribution in [-0.2, 0) is 13.1 Å². The van der Waals surface area contributed by atoms with Crippen molar-refractivity contribution in [2.75, 3.05) is 6.61 Å². The molecule has 2 aromatic rings. The second-order valence-corrected chi connectivity index (χ2v) is 6.96. The summed E-state index contributed by atoms with van der Waals surface area (Å²) >= 11 is 8.87. The number of halogens is 2. The second kappa shape index (κ2) is 7.59. The molecule has 1 N–H and O–H groups in total. The predicted octanol–water partition coefficient (Wildman–Crippen LogP) is 5.27. The first-order valence-corrected chi connectivity index (χ1v) is 8.97. The highest BCUT2D eigenvalue weighted by atomic mass is 79.9. The van der Waals surface area contributed by atoms with Crippen LogP contribution in [0.3, 0.4) is 0 Å². The van der Waals surface area contributed by atoms with Gasteiger partial charge in [-0.2, -0.15) is 11.3 Å². The van der Waals surface area contributed by atoms with E-state index >= 15 is 0 Å². The van der Waals surface area contributed by atoms with Crippen molar-refractivity contribution in [2.45, 2.75) is 26.9 Å². The lowest BCUT2D eigenvalue weighted by atomic mass is 10.2. The number of aryl methyl sites for hydroxylation is 1. The van der Waals surface area contributed by atoms with Crippen LogP contribution in [0.15, 0.2) is 31.8 Å². The van der Waals surface area contributed by atoms with Crippen molar-refractivity contribution in [3.63, 3.8) is 0 Å². The van der Waals surface area contributed by atoms with Gasteiger partial charge >= 0.3 is 0 Å². The van der Waals surface area contributed by atoms with E-state index in [4.69, 9.17) is 4.74 Å². The highest BCUT2D eigenvalue weighted by Crippen LogP contribution is 2.34. The summed E-state index contributed by atoms with van der Waals surface area (Å²) in [5, 5.41) is 7.86. The molecular formula is C15H17Br2NOS. The van der Waals surface area contributed by atoms with E-state index < -0.39 is 0 Å². The molecule has 0 unspecified atom stereocenters. The molecule has 0 amide bonds. The molecule has 0 fully saturated rings. The molecule has 0 saturated carbocycles. The van der Waals surface area contributed by atoms with Crippen LogP contribution in [0.25, 0.3) is 0 Å². The Kier molecular flexibility index (Phi) is 6.08. The summed E-state index contributed by atoms with van der Waals surface area (Å²) in [6.45, 7) is 6.53. The third-order valence-electron chi connectivity index (χ3n) is 2.95. The first-order valence-electron chi connectivity index (χ1n) is 6.45. The van der Waals surface area contributed by atoms with E-state index in [1.54, 1.807) is 11.3 Å². The predicted molar refractivity (Wildman–Crippen MR) is 92.6 cm³/mol. The number of ether oxygens (including phenoxy) is 1. The fourth-order valence-corrected chi connectivity index (χ4v) is 4.27. The first kappa shape index (κ1) is 16.0. The van der Waals surface area contributed by atoms with Crippen LogP contribution in [0.4, 0.5) is 0 Å². The zero-order valence-corrected chi connectivity index (χ0v) is 15.5. The minimum absolute atomic E-state index is 0.659.